The van der Waals surface area contributed by atoms with Crippen LogP contribution in [0.25, 0.3) is 0 Å². The molecule has 53 heavy (non-hydrogen) atoms. The lowest BCUT2D eigenvalue weighted by Crippen LogP contribution is -2.45. The van der Waals surface area contributed by atoms with E-state index >= 15 is 4.11 Å². The topological polar surface area (TPSA) is 162 Å². The van der Waals surface area contributed by atoms with Crippen molar-refractivity contribution in [2.75, 3.05) is 36.2 Å². The summed E-state index contributed by atoms with van der Waals surface area (Å²) in [6, 6.07) is 21.4. The van der Waals surface area contributed by atoms with Crippen molar-refractivity contribution in [3.05, 3.63) is 101 Å². The summed E-state index contributed by atoms with van der Waals surface area (Å²) < 4.78 is 29.9. The quantitative estimate of drug-likeness (QED) is 0.0477. The molecule has 6 rings (SSSR count). The van der Waals surface area contributed by atoms with Gasteiger partial charge in [-0.25, -0.2) is 0 Å². The Hall–Kier alpha value is -4.92. The first kappa shape index (κ1) is 37.8. The van der Waals surface area contributed by atoms with E-state index in [1.54, 1.807) is 71.3 Å². The predicted octanol–water partition coefficient (Wildman–Crippen LogP) is 5.79. The van der Waals surface area contributed by atoms with Crippen LogP contribution in [-0.4, -0.2) is 72.7 Å². The van der Waals surface area contributed by atoms with Crippen molar-refractivity contribution in [2.24, 2.45) is 5.92 Å². The number of aryl methyl sites for hydroxylation is 1. The Kier molecular flexibility index (Phi) is 11.1. The Morgan fingerprint density at radius 1 is 1.09 bits per heavy atom. The Labute approximate surface area is 309 Å². The summed E-state index contributed by atoms with van der Waals surface area (Å²) in [4.78, 5) is 41.4. The van der Waals surface area contributed by atoms with Crippen molar-refractivity contribution >= 4 is 43.3 Å². The number of aromatic nitrogens is 3. The molecular weight excluding hydrogens is 696 g/mol. The number of methoxy groups -OCH3 is 1. The van der Waals surface area contributed by atoms with Crippen molar-refractivity contribution in [3.63, 3.8) is 0 Å². The van der Waals surface area contributed by atoms with Gasteiger partial charge in [0, 0.05) is 59.7 Å². The van der Waals surface area contributed by atoms with Gasteiger partial charge in [-0.2, -0.15) is 0 Å². The Bertz CT molecular complexity index is 1940. The van der Waals surface area contributed by atoms with Crippen LogP contribution >= 0.6 is 0 Å². The van der Waals surface area contributed by atoms with Crippen molar-refractivity contribution < 1.29 is 33.1 Å². The number of hydrogen-bond acceptors (Lipinski definition) is 9. The number of ether oxygens (including phenoxy) is 2. The number of nitrogens with zero attached hydrogens (tertiary/aromatic N) is 4. The zero-order valence-electron chi connectivity index (χ0n) is 30.5. The molecule has 0 bridgehead atoms. The molecule has 12 nitrogen and oxygen atoms in total. The van der Waals surface area contributed by atoms with Gasteiger partial charge in [-0.3, -0.25) is 19.1 Å². The molecule has 2 aliphatic heterocycles. The number of nitrogen functional groups attached to an aromatic ring is 1. The van der Waals surface area contributed by atoms with Gasteiger partial charge in [0.05, 0.1) is 37.1 Å². The Balaban J connectivity index is 1.30. The highest BCUT2D eigenvalue weighted by atomic mass is 28.4. The van der Waals surface area contributed by atoms with E-state index in [1.807, 2.05) is 37.3 Å². The molecule has 4 N–H and O–H groups in total. The van der Waals surface area contributed by atoms with Crippen molar-refractivity contribution in [2.45, 2.75) is 75.4 Å². The van der Waals surface area contributed by atoms with Gasteiger partial charge in [0.1, 0.15) is 0 Å². The van der Waals surface area contributed by atoms with Crippen LogP contribution in [0.5, 0.6) is 0 Å². The molecule has 0 saturated carbocycles. The summed E-state index contributed by atoms with van der Waals surface area (Å²) in [7, 11) is -2.12. The fourth-order valence-corrected chi connectivity index (χ4v) is 10.5. The van der Waals surface area contributed by atoms with Crippen molar-refractivity contribution in [1.29, 1.82) is 0 Å². The maximum absolute atomic E-state index is 16.5. The number of nitrogens with one attached hydrogen (secondary N) is 1. The minimum Gasteiger partial charge on any atom is -0.469 e. The second-order valence-electron chi connectivity index (χ2n) is 14.4. The number of halogens is 1. The number of aliphatic hydroxyl groups excluding tert-OH is 1. The third-order valence-electron chi connectivity index (χ3n) is 10.6. The first-order chi connectivity index (χ1) is 25.4. The molecule has 3 heterocycles. The monoisotopic (exact) mass is 742 g/mol. The zero-order chi connectivity index (χ0) is 37.9. The number of rotatable bonds is 14. The van der Waals surface area contributed by atoms with Crippen LogP contribution in [0, 0.1) is 5.92 Å². The molecule has 0 aliphatic carbocycles. The molecule has 2 amide bonds. The highest BCUT2D eigenvalue weighted by Gasteiger charge is 2.66. The van der Waals surface area contributed by atoms with Crippen LogP contribution in [0.4, 0.5) is 21.2 Å². The van der Waals surface area contributed by atoms with Gasteiger partial charge >= 0.3 is 5.97 Å². The fourth-order valence-electron chi connectivity index (χ4n) is 7.99. The number of anilines is 3. The molecule has 1 unspecified atom stereocenters. The lowest BCUT2D eigenvalue weighted by Gasteiger charge is -2.31. The van der Waals surface area contributed by atoms with Crippen LogP contribution in [0.3, 0.4) is 0 Å². The average Bonchev–Trinajstić information content (AvgIpc) is 3.80. The van der Waals surface area contributed by atoms with Crippen LogP contribution in [-0.2, 0) is 31.2 Å². The summed E-state index contributed by atoms with van der Waals surface area (Å²) in [5.74, 6) is -1.85. The third-order valence-corrected chi connectivity index (χ3v) is 13.0. The molecule has 4 aromatic rings. The molecule has 14 heteroatoms. The standard InChI is InChI=1S/C39H47FN6O6Si/c1-25-36(53(3,4)40)34(19-21-45-23-32(43-44-45)30(24-47)26-10-6-5-7-11-26)52-39(25)31-22-29(42-37(49)27-13-15-28(41)16-14-27)17-18-33(31)46(38(39)50)20-9-8-12-35(48)51-2/h5-7,10-11,13-18,22-23,25,30,34,36,47H,8-9,12,19-21,24,41H2,1-4H3,(H,42,49)/t25-,30?,34+,36-,39+/m0/s1. The maximum Gasteiger partial charge on any atom is 0.305 e. The molecule has 280 valence electrons. The minimum absolute atomic E-state index is 0.138. The number of nitrogens with two attached hydrogens (primary N) is 1. The molecule has 2 aliphatic rings. The summed E-state index contributed by atoms with van der Waals surface area (Å²) in [6.45, 7) is 5.72. The van der Waals surface area contributed by atoms with E-state index in [4.69, 9.17) is 15.2 Å². The van der Waals surface area contributed by atoms with Gasteiger partial charge in [0.2, 0.25) is 8.41 Å². The van der Waals surface area contributed by atoms with Gasteiger partial charge in [0.15, 0.2) is 5.60 Å². The molecule has 5 atom stereocenters. The van der Waals surface area contributed by atoms with E-state index in [1.165, 1.54) is 7.11 Å². The molecule has 1 saturated heterocycles. The number of hydrogen-bond donors (Lipinski definition) is 3. The van der Waals surface area contributed by atoms with E-state index in [9.17, 15) is 19.5 Å². The van der Waals surface area contributed by atoms with Crippen LogP contribution < -0.4 is 16.0 Å². The second-order valence-corrected chi connectivity index (χ2v) is 18.2. The summed E-state index contributed by atoms with van der Waals surface area (Å²) in [5.41, 5.74) is 7.90. The maximum atomic E-state index is 16.5. The zero-order valence-corrected chi connectivity index (χ0v) is 31.5. The number of carbonyl (C=O) groups is 3. The van der Waals surface area contributed by atoms with Crippen molar-refractivity contribution in [3.8, 4) is 0 Å². The predicted molar refractivity (Wildman–Crippen MR) is 202 cm³/mol. The van der Waals surface area contributed by atoms with Gasteiger partial charge in [0.25, 0.3) is 11.8 Å². The van der Waals surface area contributed by atoms with E-state index in [2.05, 4.69) is 15.6 Å². The highest BCUT2D eigenvalue weighted by molar-refractivity contribution is 6.72. The van der Waals surface area contributed by atoms with Crippen LogP contribution in [0.15, 0.2) is 79.0 Å². The molecule has 1 spiro atoms. The van der Waals surface area contributed by atoms with E-state index in [-0.39, 0.29) is 36.7 Å². The van der Waals surface area contributed by atoms with Gasteiger partial charge in [-0.15, -0.1) is 5.10 Å². The van der Waals surface area contributed by atoms with E-state index < -0.39 is 31.6 Å². The van der Waals surface area contributed by atoms with Crippen LogP contribution in [0.1, 0.15) is 65.7 Å². The number of benzene rings is 3. The largest absolute Gasteiger partial charge is 0.469 e. The fraction of sp³-hybridized carbons (Fsp3) is 0.410. The lowest BCUT2D eigenvalue weighted by atomic mass is 9.82. The Morgan fingerprint density at radius 2 is 1.83 bits per heavy atom. The van der Waals surface area contributed by atoms with Gasteiger partial charge < -0.3 is 34.6 Å². The van der Waals surface area contributed by atoms with Gasteiger partial charge in [-0.1, -0.05) is 42.5 Å². The minimum atomic E-state index is -3.46. The number of aliphatic hydroxyl groups is 1. The van der Waals surface area contributed by atoms with Crippen LogP contribution in [0.2, 0.25) is 18.6 Å². The molecular formula is C39H47FN6O6Si. The number of esters is 1. The van der Waals surface area contributed by atoms with E-state index in [0.29, 0.717) is 66.2 Å². The summed E-state index contributed by atoms with van der Waals surface area (Å²) in [6.07, 6.45) is 2.79. The lowest BCUT2D eigenvalue weighted by molar-refractivity contribution is -0.146. The summed E-state index contributed by atoms with van der Waals surface area (Å²) >= 11 is 0. The average molecular weight is 743 g/mol. The SMILES string of the molecule is COC(=O)CCCCN1C(=O)[C@]2(O[C@H](CCn3cc(C(CO)c4ccccc4)nn3)[C@@H]([Si](C)(C)F)[C@@H]2C)c2cc(NC(=O)c3ccc(N)cc3)ccc21. The highest BCUT2D eigenvalue weighted by Crippen LogP contribution is 2.60. The Morgan fingerprint density at radius 3 is 2.51 bits per heavy atom. The number of unbranched alkanes of at least 4 members (excludes halogenated alkanes) is 1. The van der Waals surface area contributed by atoms with Crippen molar-refractivity contribution in [1.82, 2.24) is 15.0 Å². The molecule has 3 aromatic carbocycles. The summed E-state index contributed by atoms with van der Waals surface area (Å²) in [5, 5.41) is 21.8. The normalized spacial score (nSPS) is 21.5. The number of amides is 2. The molecule has 1 aromatic heterocycles. The van der Waals surface area contributed by atoms with Gasteiger partial charge in [-0.05, 0) is 80.4 Å². The molecule has 1 fully saturated rings. The van der Waals surface area contributed by atoms with E-state index in [0.717, 1.165) is 5.56 Å². The number of fused-ring (bicyclic) bond motifs is 2. The molecule has 0 radical (unpaired) electrons. The first-order valence-corrected chi connectivity index (χ1v) is 21.0. The number of carbonyl (C=O) groups excluding carboxylic acids is 3. The second kappa shape index (κ2) is 15.6. The first-order valence-electron chi connectivity index (χ1n) is 18.0. The third kappa shape index (κ3) is 7.62. The smallest absolute Gasteiger partial charge is 0.305 e.